The van der Waals surface area contributed by atoms with Crippen molar-refractivity contribution in [1.29, 1.82) is 5.26 Å². The van der Waals surface area contributed by atoms with Gasteiger partial charge in [0.05, 0.1) is 12.7 Å². The second-order valence-corrected chi connectivity index (χ2v) is 4.30. The van der Waals surface area contributed by atoms with Crippen LogP contribution in [0.3, 0.4) is 0 Å². The summed E-state index contributed by atoms with van der Waals surface area (Å²) in [6.45, 7) is 0.302. The summed E-state index contributed by atoms with van der Waals surface area (Å²) in [5.74, 6) is -0.264. The minimum atomic E-state index is -0.390. The van der Waals surface area contributed by atoms with Gasteiger partial charge in [0.25, 0.3) is 0 Å². The van der Waals surface area contributed by atoms with E-state index in [1.54, 1.807) is 0 Å². The molecule has 0 aromatic carbocycles. The Balaban J connectivity index is 1.77. The number of nitrogens with zero attached hydrogens (tertiary/aromatic N) is 4. The molecule has 7 nitrogen and oxygen atoms in total. The van der Waals surface area contributed by atoms with Crippen LogP contribution in [-0.2, 0) is 16.1 Å². The SMILES string of the molecule is N#CCC1(COC(=O)Cn2cnc(N)n2)CC1. The molecule has 90 valence electrons. The number of nitriles is 1. The van der Waals surface area contributed by atoms with Crippen LogP contribution in [0.25, 0.3) is 0 Å². The smallest absolute Gasteiger partial charge is 0.327 e. The highest BCUT2D eigenvalue weighted by atomic mass is 16.5. The number of aromatic nitrogens is 3. The highest BCUT2D eigenvalue weighted by Crippen LogP contribution is 2.48. The topological polar surface area (TPSA) is 107 Å². The number of anilines is 1. The van der Waals surface area contributed by atoms with Gasteiger partial charge in [-0.3, -0.25) is 4.79 Å². The van der Waals surface area contributed by atoms with E-state index >= 15 is 0 Å². The molecule has 2 N–H and O–H groups in total. The third kappa shape index (κ3) is 2.93. The number of rotatable bonds is 5. The second kappa shape index (κ2) is 4.41. The van der Waals surface area contributed by atoms with Gasteiger partial charge in [0.15, 0.2) is 0 Å². The summed E-state index contributed by atoms with van der Waals surface area (Å²) < 4.78 is 6.44. The lowest BCUT2D eigenvalue weighted by atomic mass is 10.1. The summed E-state index contributed by atoms with van der Waals surface area (Å²) in [5.41, 5.74) is 5.22. The number of nitrogen functional groups attached to an aromatic ring is 1. The molecular weight excluding hydrogens is 222 g/mol. The predicted molar refractivity (Wildman–Crippen MR) is 57.3 cm³/mol. The molecule has 1 aliphatic carbocycles. The van der Waals surface area contributed by atoms with Gasteiger partial charge in [-0.05, 0) is 12.8 Å². The van der Waals surface area contributed by atoms with Crippen molar-refractivity contribution in [2.75, 3.05) is 12.3 Å². The second-order valence-electron chi connectivity index (χ2n) is 4.30. The number of esters is 1. The third-order valence-electron chi connectivity index (χ3n) is 2.80. The Bertz CT molecular complexity index is 458. The molecule has 1 heterocycles. The van der Waals surface area contributed by atoms with Gasteiger partial charge in [-0.2, -0.15) is 5.26 Å². The van der Waals surface area contributed by atoms with Crippen molar-refractivity contribution in [3.8, 4) is 6.07 Å². The predicted octanol–water partition coefficient (Wildman–Crippen LogP) is 0.0974. The van der Waals surface area contributed by atoms with E-state index < -0.39 is 0 Å². The first-order valence-electron chi connectivity index (χ1n) is 5.31. The Labute approximate surface area is 98.2 Å². The summed E-state index contributed by atoms with van der Waals surface area (Å²) in [6, 6.07) is 2.11. The average Bonchev–Trinajstić information content (AvgIpc) is 2.94. The van der Waals surface area contributed by atoms with E-state index in [1.807, 2.05) is 0 Å². The summed E-state index contributed by atoms with van der Waals surface area (Å²) in [4.78, 5) is 15.2. The minimum absolute atomic E-state index is 0.00711. The quantitative estimate of drug-likeness (QED) is 0.725. The standard InChI is InChI=1S/C10H13N5O2/c11-4-3-10(1-2-10)6-17-8(16)5-15-7-13-9(12)14-15/h7H,1-3,5-6H2,(H2,12,14). The zero-order chi connectivity index (χ0) is 12.3. The van der Waals surface area contributed by atoms with E-state index in [0.29, 0.717) is 13.0 Å². The first-order valence-corrected chi connectivity index (χ1v) is 5.31. The molecule has 0 amide bonds. The molecule has 1 aromatic heterocycles. The Morgan fingerprint density at radius 3 is 3.00 bits per heavy atom. The zero-order valence-electron chi connectivity index (χ0n) is 9.30. The monoisotopic (exact) mass is 235 g/mol. The van der Waals surface area contributed by atoms with Gasteiger partial charge in [-0.1, -0.05) is 0 Å². The largest absolute Gasteiger partial charge is 0.464 e. The van der Waals surface area contributed by atoms with Crippen LogP contribution in [0.4, 0.5) is 5.95 Å². The number of carbonyl (C=O) groups is 1. The fourth-order valence-electron chi connectivity index (χ4n) is 1.51. The molecule has 0 unspecified atom stereocenters. The maximum atomic E-state index is 11.5. The van der Waals surface area contributed by atoms with Crippen molar-refractivity contribution in [2.45, 2.75) is 25.8 Å². The zero-order valence-corrected chi connectivity index (χ0v) is 9.30. The van der Waals surface area contributed by atoms with Gasteiger partial charge in [-0.25, -0.2) is 9.67 Å². The first-order chi connectivity index (χ1) is 8.13. The Morgan fingerprint density at radius 1 is 1.71 bits per heavy atom. The van der Waals surface area contributed by atoms with E-state index in [9.17, 15) is 4.79 Å². The van der Waals surface area contributed by atoms with Crippen LogP contribution in [0.15, 0.2) is 6.33 Å². The van der Waals surface area contributed by atoms with Crippen molar-refractivity contribution < 1.29 is 9.53 Å². The minimum Gasteiger partial charge on any atom is -0.464 e. The normalized spacial score (nSPS) is 16.2. The van der Waals surface area contributed by atoms with Crippen molar-refractivity contribution in [3.63, 3.8) is 0 Å². The summed E-state index contributed by atoms with van der Waals surface area (Å²) in [7, 11) is 0. The summed E-state index contributed by atoms with van der Waals surface area (Å²) in [5, 5.41) is 12.4. The van der Waals surface area contributed by atoms with E-state index in [2.05, 4.69) is 16.2 Å². The lowest BCUT2D eigenvalue weighted by Gasteiger charge is -2.11. The highest BCUT2D eigenvalue weighted by Gasteiger charge is 2.43. The molecule has 17 heavy (non-hydrogen) atoms. The lowest BCUT2D eigenvalue weighted by Crippen LogP contribution is -2.19. The maximum Gasteiger partial charge on any atom is 0.327 e. The van der Waals surface area contributed by atoms with Gasteiger partial charge in [0, 0.05) is 11.8 Å². The summed E-state index contributed by atoms with van der Waals surface area (Å²) >= 11 is 0. The third-order valence-corrected chi connectivity index (χ3v) is 2.80. The Morgan fingerprint density at radius 2 is 2.47 bits per heavy atom. The molecule has 0 atom stereocenters. The van der Waals surface area contributed by atoms with Crippen LogP contribution in [-0.4, -0.2) is 27.3 Å². The number of nitrogens with two attached hydrogens (primary N) is 1. The molecule has 0 radical (unpaired) electrons. The van der Waals surface area contributed by atoms with Crippen molar-refractivity contribution in [1.82, 2.24) is 14.8 Å². The number of ether oxygens (including phenoxy) is 1. The average molecular weight is 235 g/mol. The molecule has 0 saturated heterocycles. The van der Waals surface area contributed by atoms with Crippen molar-refractivity contribution in [2.24, 2.45) is 5.41 Å². The molecule has 0 spiro atoms. The Hall–Kier alpha value is -2.10. The Kier molecular flexibility index (Phi) is 2.95. The van der Waals surface area contributed by atoms with Crippen LogP contribution >= 0.6 is 0 Å². The van der Waals surface area contributed by atoms with Crippen LogP contribution in [0, 0.1) is 16.7 Å². The van der Waals surface area contributed by atoms with E-state index in [1.165, 1.54) is 11.0 Å². The van der Waals surface area contributed by atoms with Gasteiger partial charge >= 0.3 is 5.97 Å². The molecule has 0 aliphatic heterocycles. The molecule has 1 aromatic rings. The van der Waals surface area contributed by atoms with Crippen LogP contribution in [0.5, 0.6) is 0 Å². The highest BCUT2D eigenvalue weighted by molar-refractivity contribution is 5.69. The fraction of sp³-hybridized carbons (Fsp3) is 0.600. The molecule has 1 aliphatic rings. The fourth-order valence-corrected chi connectivity index (χ4v) is 1.51. The van der Waals surface area contributed by atoms with Crippen LogP contribution in [0.1, 0.15) is 19.3 Å². The molecule has 7 heteroatoms. The van der Waals surface area contributed by atoms with E-state index in [0.717, 1.165) is 12.8 Å². The molecule has 0 bridgehead atoms. The molecular formula is C10H13N5O2. The van der Waals surface area contributed by atoms with E-state index in [4.69, 9.17) is 15.7 Å². The van der Waals surface area contributed by atoms with Gasteiger partial charge in [0.2, 0.25) is 5.95 Å². The van der Waals surface area contributed by atoms with Gasteiger partial charge in [-0.15, -0.1) is 5.10 Å². The summed E-state index contributed by atoms with van der Waals surface area (Å²) in [6.07, 6.45) is 3.71. The van der Waals surface area contributed by atoms with Crippen molar-refractivity contribution in [3.05, 3.63) is 6.33 Å². The number of hydrogen-bond acceptors (Lipinski definition) is 6. The number of carbonyl (C=O) groups excluding carboxylic acids is 1. The van der Waals surface area contributed by atoms with Crippen LogP contribution in [0.2, 0.25) is 0 Å². The molecule has 1 fully saturated rings. The first kappa shape index (κ1) is 11.4. The lowest BCUT2D eigenvalue weighted by molar-refractivity contribution is -0.146. The van der Waals surface area contributed by atoms with E-state index in [-0.39, 0.29) is 23.9 Å². The van der Waals surface area contributed by atoms with Gasteiger partial charge in [0.1, 0.15) is 12.9 Å². The molecule has 1 saturated carbocycles. The maximum absolute atomic E-state index is 11.5. The van der Waals surface area contributed by atoms with Gasteiger partial charge < -0.3 is 10.5 Å². The molecule has 2 rings (SSSR count). The van der Waals surface area contributed by atoms with Crippen LogP contribution < -0.4 is 5.73 Å². The van der Waals surface area contributed by atoms with Crippen molar-refractivity contribution >= 4 is 11.9 Å². The number of hydrogen-bond donors (Lipinski definition) is 1.